The van der Waals surface area contributed by atoms with Crippen LogP contribution in [-0.2, 0) is 0 Å². The number of aliphatic hydroxyl groups excluding tert-OH is 1. The van der Waals surface area contributed by atoms with Crippen LogP contribution < -0.4 is 16.6 Å². The summed E-state index contributed by atoms with van der Waals surface area (Å²) >= 11 is 3.40. The van der Waals surface area contributed by atoms with E-state index in [1.165, 1.54) is 6.33 Å². The fourth-order valence-corrected chi connectivity index (χ4v) is 2.02. The van der Waals surface area contributed by atoms with Gasteiger partial charge in [-0.25, -0.2) is 15.8 Å². The number of hydrogen-bond donors (Lipinski definition) is 4. The third-order valence-electron chi connectivity index (χ3n) is 2.70. The van der Waals surface area contributed by atoms with Crippen LogP contribution in [0.15, 0.2) is 10.8 Å². The van der Waals surface area contributed by atoms with Gasteiger partial charge in [-0.05, 0) is 27.8 Å². The summed E-state index contributed by atoms with van der Waals surface area (Å²) < 4.78 is 0.680. The molecule has 1 rings (SSSR count). The Morgan fingerprint density at radius 3 is 2.50 bits per heavy atom. The van der Waals surface area contributed by atoms with Crippen LogP contribution in [0.5, 0.6) is 0 Å². The molecule has 1 aromatic heterocycles. The van der Waals surface area contributed by atoms with E-state index in [9.17, 15) is 0 Å². The van der Waals surface area contributed by atoms with Gasteiger partial charge in [0.15, 0.2) is 5.82 Å². The molecule has 0 bridgehead atoms. The summed E-state index contributed by atoms with van der Waals surface area (Å²) in [5.74, 6) is 6.53. The first-order chi connectivity index (χ1) is 8.40. The first-order valence-electron chi connectivity index (χ1n) is 5.74. The molecule has 0 aliphatic carbocycles. The SMILES string of the molecule is CC(C)(C)C(CCO)Nc1ncnc(NN)c1Br. The van der Waals surface area contributed by atoms with Gasteiger partial charge in [-0.15, -0.1) is 0 Å². The Balaban J connectivity index is 2.94. The molecular weight excluding hydrogens is 298 g/mol. The Morgan fingerprint density at radius 2 is 2.00 bits per heavy atom. The van der Waals surface area contributed by atoms with Gasteiger partial charge >= 0.3 is 0 Å². The van der Waals surface area contributed by atoms with E-state index in [0.29, 0.717) is 22.5 Å². The van der Waals surface area contributed by atoms with Gasteiger partial charge in [0.2, 0.25) is 0 Å². The average molecular weight is 318 g/mol. The van der Waals surface area contributed by atoms with Crippen LogP contribution >= 0.6 is 15.9 Å². The maximum atomic E-state index is 9.13. The zero-order valence-electron chi connectivity index (χ0n) is 10.9. The lowest BCUT2D eigenvalue weighted by Gasteiger charge is -2.31. The van der Waals surface area contributed by atoms with Crippen molar-refractivity contribution >= 4 is 27.6 Å². The lowest BCUT2D eigenvalue weighted by Crippen LogP contribution is -2.35. The van der Waals surface area contributed by atoms with E-state index in [1.54, 1.807) is 0 Å². The van der Waals surface area contributed by atoms with Crippen LogP contribution in [0.25, 0.3) is 0 Å². The normalized spacial score (nSPS) is 13.2. The number of rotatable bonds is 5. The van der Waals surface area contributed by atoms with Crippen LogP contribution in [0.1, 0.15) is 27.2 Å². The molecule has 1 atom stereocenters. The van der Waals surface area contributed by atoms with Crippen molar-refractivity contribution in [3.63, 3.8) is 0 Å². The van der Waals surface area contributed by atoms with E-state index >= 15 is 0 Å². The Labute approximate surface area is 115 Å². The van der Waals surface area contributed by atoms with E-state index < -0.39 is 0 Å². The van der Waals surface area contributed by atoms with E-state index in [1.807, 2.05) is 0 Å². The summed E-state index contributed by atoms with van der Waals surface area (Å²) in [7, 11) is 0. The molecule has 1 aromatic rings. The Hall–Kier alpha value is -0.920. The predicted octanol–water partition coefficient (Wildman–Crippen LogP) is 1.73. The van der Waals surface area contributed by atoms with Crippen LogP contribution in [-0.4, -0.2) is 27.7 Å². The molecule has 0 aliphatic heterocycles. The number of nitrogens with two attached hydrogens (primary N) is 1. The summed E-state index contributed by atoms with van der Waals surface area (Å²) in [4.78, 5) is 8.17. The molecule has 18 heavy (non-hydrogen) atoms. The molecule has 0 saturated carbocycles. The highest BCUT2D eigenvalue weighted by Crippen LogP contribution is 2.30. The van der Waals surface area contributed by atoms with Crippen LogP contribution in [0, 0.1) is 5.41 Å². The van der Waals surface area contributed by atoms with Gasteiger partial charge in [0, 0.05) is 12.6 Å². The van der Waals surface area contributed by atoms with Gasteiger partial charge in [-0.1, -0.05) is 20.8 Å². The first kappa shape index (κ1) is 15.1. The number of nitrogens with one attached hydrogen (secondary N) is 2. The molecule has 7 heteroatoms. The quantitative estimate of drug-likeness (QED) is 0.488. The monoisotopic (exact) mass is 317 g/mol. The fraction of sp³-hybridized carbons (Fsp3) is 0.636. The minimum absolute atomic E-state index is 0.00340. The average Bonchev–Trinajstić information content (AvgIpc) is 2.29. The summed E-state index contributed by atoms with van der Waals surface area (Å²) in [6.45, 7) is 6.45. The maximum absolute atomic E-state index is 9.13. The Kier molecular flexibility index (Phi) is 5.30. The molecule has 0 aliphatic rings. The fourth-order valence-electron chi connectivity index (χ4n) is 1.59. The van der Waals surface area contributed by atoms with E-state index in [0.717, 1.165) is 0 Å². The highest BCUT2D eigenvalue weighted by atomic mass is 79.9. The second-order valence-electron chi connectivity index (χ2n) is 5.10. The van der Waals surface area contributed by atoms with Gasteiger partial charge in [-0.2, -0.15) is 0 Å². The molecular formula is C11H20BrN5O. The molecule has 1 heterocycles. The number of hydrazine groups is 1. The zero-order chi connectivity index (χ0) is 13.8. The number of aliphatic hydroxyl groups is 1. The van der Waals surface area contributed by atoms with E-state index in [-0.39, 0.29) is 18.1 Å². The highest BCUT2D eigenvalue weighted by Gasteiger charge is 2.25. The largest absolute Gasteiger partial charge is 0.396 e. The van der Waals surface area contributed by atoms with E-state index in [4.69, 9.17) is 10.9 Å². The summed E-state index contributed by atoms with van der Waals surface area (Å²) in [6, 6.07) is 0.0966. The van der Waals surface area contributed by atoms with Crippen molar-refractivity contribution in [2.24, 2.45) is 11.3 Å². The van der Waals surface area contributed by atoms with Crippen LogP contribution in [0.3, 0.4) is 0 Å². The molecule has 0 spiro atoms. The number of hydrogen-bond acceptors (Lipinski definition) is 6. The molecule has 5 N–H and O–H groups in total. The molecule has 6 nitrogen and oxygen atoms in total. The topological polar surface area (TPSA) is 96.1 Å². The van der Waals surface area contributed by atoms with Crippen molar-refractivity contribution in [2.45, 2.75) is 33.2 Å². The summed E-state index contributed by atoms with van der Waals surface area (Å²) in [6.07, 6.45) is 2.08. The van der Waals surface area contributed by atoms with Crippen molar-refractivity contribution in [2.75, 3.05) is 17.3 Å². The van der Waals surface area contributed by atoms with Gasteiger partial charge in [0.05, 0.1) is 0 Å². The second kappa shape index (κ2) is 6.31. The predicted molar refractivity (Wildman–Crippen MR) is 76.1 cm³/mol. The van der Waals surface area contributed by atoms with Crippen molar-refractivity contribution < 1.29 is 5.11 Å². The van der Waals surface area contributed by atoms with E-state index in [2.05, 4.69) is 57.4 Å². The Bertz CT molecular complexity index is 394. The number of aromatic nitrogens is 2. The first-order valence-corrected chi connectivity index (χ1v) is 6.54. The van der Waals surface area contributed by atoms with Crippen LogP contribution in [0.4, 0.5) is 11.6 Å². The lowest BCUT2D eigenvalue weighted by atomic mass is 9.85. The summed E-state index contributed by atoms with van der Waals surface area (Å²) in [5, 5.41) is 12.4. The second-order valence-corrected chi connectivity index (χ2v) is 5.90. The zero-order valence-corrected chi connectivity index (χ0v) is 12.5. The van der Waals surface area contributed by atoms with Crippen LogP contribution in [0.2, 0.25) is 0 Å². The van der Waals surface area contributed by atoms with Gasteiger partial charge in [-0.3, -0.25) is 0 Å². The van der Waals surface area contributed by atoms with Gasteiger partial charge in [0.25, 0.3) is 0 Å². The van der Waals surface area contributed by atoms with Gasteiger partial charge < -0.3 is 15.8 Å². The smallest absolute Gasteiger partial charge is 0.159 e. The number of halogens is 1. The molecule has 0 saturated heterocycles. The molecule has 0 aromatic carbocycles. The van der Waals surface area contributed by atoms with Gasteiger partial charge in [0.1, 0.15) is 16.6 Å². The van der Waals surface area contributed by atoms with Crippen molar-refractivity contribution in [1.82, 2.24) is 9.97 Å². The minimum atomic E-state index is 0.00340. The highest BCUT2D eigenvalue weighted by molar-refractivity contribution is 9.10. The number of nitrogen functional groups attached to an aromatic ring is 1. The van der Waals surface area contributed by atoms with Crippen molar-refractivity contribution in [3.8, 4) is 0 Å². The molecule has 0 amide bonds. The third-order valence-corrected chi connectivity index (χ3v) is 3.45. The molecule has 1 unspecified atom stereocenters. The van der Waals surface area contributed by atoms with Crippen molar-refractivity contribution in [1.29, 1.82) is 0 Å². The summed E-state index contributed by atoms with van der Waals surface area (Å²) in [5.41, 5.74) is 2.50. The Morgan fingerprint density at radius 1 is 1.39 bits per heavy atom. The van der Waals surface area contributed by atoms with Crippen molar-refractivity contribution in [3.05, 3.63) is 10.8 Å². The number of nitrogens with zero attached hydrogens (tertiary/aromatic N) is 2. The maximum Gasteiger partial charge on any atom is 0.159 e. The molecule has 0 fully saturated rings. The molecule has 0 radical (unpaired) electrons. The third kappa shape index (κ3) is 3.79. The standard InChI is InChI=1S/C11H20BrN5O/c1-11(2,3)7(4-5-18)16-9-8(12)10(17-13)15-6-14-9/h6-7,18H,4-5,13H2,1-3H3,(H2,14,15,16,17). The molecule has 102 valence electrons. The minimum Gasteiger partial charge on any atom is -0.396 e. The number of anilines is 2. The lowest BCUT2D eigenvalue weighted by molar-refractivity contribution is 0.235.